The fourth-order valence-corrected chi connectivity index (χ4v) is 4.21. The minimum Gasteiger partial charge on any atom is -0.490 e. The standard InChI is InChI=1S/C23H25N3O5/c1-3-30-18-10-9-16(13-19(18)31-4-2)24-20(27)14-26-21(28)23(25-22(26)29)12-11-15-7-5-6-8-17(15)23/h5-10,13H,3-4,11-12,14H2,1-2H3,(H,24,27)(H,25,29). The fourth-order valence-electron chi connectivity index (χ4n) is 4.21. The minimum atomic E-state index is -1.07. The van der Waals surface area contributed by atoms with Crippen molar-refractivity contribution in [3.05, 3.63) is 53.6 Å². The molecule has 1 unspecified atom stereocenters. The van der Waals surface area contributed by atoms with Gasteiger partial charge in [0.15, 0.2) is 11.5 Å². The molecular weight excluding hydrogens is 398 g/mol. The number of urea groups is 1. The molecule has 0 radical (unpaired) electrons. The molecule has 1 atom stereocenters. The zero-order valence-corrected chi connectivity index (χ0v) is 17.6. The van der Waals surface area contributed by atoms with Crippen LogP contribution in [0.5, 0.6) is 11.5 Å². The van der Waals surface area contributed by atoms with Crippen molar-refractivity contribution in [1.82, 2.24) is 10.2 Å². The zero-order valence-electron chi connectivity index (χ0n) is 17.6. The Morgan fingerprint density at radius 2 is 1.84 bits per heavy atom. The molecule has 1 spiro atoms. The van der Waals surface area contributed by atoms with E-state index in [4.69, 9.17) is 9.47 Å². The van der Waals surface area contributed by atoms with Gasteiger partial charge >= 0.3 is 6.03 Å². The zero-order chi connectivity index (χ0) is 22.0. The summed E-state index contributed by atoms with van der Waals surface area (Å²) in [6, 6.07) is 12.1. The number of hydrogen-bond donors (Lipinski definition) is 2. The first-order chi connectivity index (χ1) is 15.0. The van der Waals surface area contributed by atoms with Crippen molar-refractivity contribution in [2.75, 3.05) is 25.1 Å². The summed E-state index contributed by atoms with van der Waals surface area (Å²) in [6.07, 6.45) is 1.19. The Balaban J connectivity index is 1.48. The monoisotopic (exact) mass is 423 g/mol. The molecule has 0 bridgehead atoms. The molecule has 2 aromatic carbocycles. The van der Waals surface area contributed by atoms with Crippen molar-refractivity contribution in [1.29, 1.82) is 0 Å². The van der Waals surface area contributed by atoms with E-state index in [2.05, 4.69) is 10.6 Å². The van der Waals surface area contributed by atoms with Crippen LogP contribution in [0.1, 0.15) is 31.4 Å². The molecule has 2 N–H and O–H groups in total. The van der Waals surface area contributed by atoms with Gasteiger partial charge in [0, 0.05) is 11.8 Å². The van der Waals surface area contributed by atoms with Crippen LogP contribution in [0.15, 0.2) is 42.5 Å². The van der Waals surface area contributed by atoms with E-state index < -0.39 is 17.5 Å². The van der Waals surface area contributed by atoms with Crippen LogP contribution in [0.4, 0.5) is 10.5 Å². The maximum absolute atomic E-state index is 13.2. The van der Waals surface area contributed by atoms with Crippen LogP contribution in [-0.2, 0) is 21.5 Å². The van der Waals surface area contributed by atoms with Gasteiger partial charge < -0.3 is 20.1 Å². The van der Waals surface area contributed by atoms with E-state index in [9.17, 15) is 14.4 Å². The maximum Gasteiger partial charge on any atom is 0.325 e. The lowest BCUT2D eigenvalue weighted by Gasteiger charge is -2.22. The predicted octanol–water partition coefficient (Wildman–Crippen LogP) is 2.82. The van der Waals surface area contributed by atoms with Crippen molar-refractivity contribution >= 4 is 23.5 Å². The van der Waals surface area contributed by atoms with Gasteiger partial charge in [-0.2, -0.15) is 0 Å². The number of ether oxygens (including phenoxy) is 2. The fraction of sp³-hybridized carbons (Fsp3) is 0.348. The maximum atomic E-state index is 13.2. The van der Waals surface area contributed by atoms with E-state index in [1.54, 1.807) is 18.2 Å². The van der Waals surface area contributed by atoms with Crippen LogP contribution in [0.2, 0.25) is 0 Å². The van der Waals surface area contributed by atoms with Gasteiger partial charge in [0.1, 0.15) is 12.1 Å². The molecule has 1 heterocycles. The van der Waals surface area contributed by atoms with E-state index >= 15 is 0 Å². The van der Waals surface area contributed by atoms with E-state index in [-0.39, 0.29) is 12.5 Å². The van der Waals surface area contributed by atoms with Gasteiger partial charge in [0.05, 0.1) is 13.2 Å². The predicted molar refractivity (Wildman–Crippen MR) is 114 cm³/mol. The summed E-state index contributed by atoms with van der Waals surface area (Å²) in [6.45, 7) is 4.30. The first-order valence-electron chi connectivity index (χ1n) is 10.4. The van der Waals surface area contributed by atoms with E-state index in [1.807, 2.05) is 38.1 Å². The summed E-state index contributed by atoms with van der Waals surface area (Å²) in [7, 11) is 0. The number of fused-ring (bicyclic) bond motifs is 2. The summed E-state index contributed by atoms with van der Waals surface area (Å²) < 4.78 is 11.1. The lowest BCUT2D eigenvalue weighted by molar-refractivity contribution is -0.134. The molecule has 8 nitrogen and oxygen atoms in total. The van der Waals surface area contributed by atoms with E-state index in [0.717, 1.165) is 16.0 Å². The summed E-state index contributed by atoms with van der Waals surface area (Å²) in [5, 5.41) is 5.55. The number of benzene rings is 2. The highest BCUT2D eigenvalue weighted by atomic mass is 16.5. The smallest absolute Gasteiger partial charge is 0.325 e. The van der Waals surface area contributed by atoms with Gasteiger partial charge in [-0.05, 0) is 49.9 Å². The highest BCUT2D eigenvalue weighted by Gasteiger charge is 2.55. The molecule has 0 aromatic heterocycles. The highest BCUT2D eigenvalue weighted by Crippen LogP contribution is 2.41. The number of imide groups is 1. The number of rotatable bonds is 7. The average molecular weight is 423 g/mol. The largest absolute Gasteiger partial charge is 0.490 e. The number of carbonyl (C=O) groups excluding carboxylic acids is 3. The molecule has 1 aliphatic carbocycles. The van der Waals surface area contributed by atoms with Crippen molar-refractivity contribution in [2.24, 2.45) is 0 Å². The molecule has 4 rings (SSSR count). The topological polar surface area (TPSA) is 97.0 Å². The number of aryl methyl sites for hydroxylation is 1. The number of amides is 4. The second-order valence-electron chi connectivity index (χ2n) is 7.46. The number of carbonyl (C=O) groups is 3. The Morgan fingerprint density at radius 3 is 2.61 bits per heavy atom. The first-order valence-corrected chi connectivity index (χ1v) is 10.4. The minimum absolute atomic E-state index is 0.369. The Hall–Kier alpha value is -3.55. The second kappa shape index (κ2) is 8.29. The summed E-state index contributed by atoms with van der Waals surface area (Å²) in [5.41, 5.74) is 1.27. The average Bonchev–Trinajstić information content (AvgIpc) is 3.24. The molecule has 1 fully saturated rings. The van der Waals surface area contributed by atoms with Gasteiger partial charge in [-0.15, -0.1) is 0 Å². The Bertz CT molecular complexity index is 1040. The van der Waals surface area contributed by atoms with Gasteiger partial charge in [0.25, 0.3) is 5.91 Å². The van der Waals surface area contributed by atoms with Crippen molar-refractivity contribution in [2.45, 2.75) is 32.2 Å². The number of anilines is 1. The van der Waals surface area contributed by atoms with Crippen molar-refractivity contribution in [3.63, 3.8) is 0 Å². The normalized spacial score (nSPS) is 19.4. The molecule has 31 heavy (non-hydrogen) atoms. The molecule has 1 saturated heterocycles. The lowest BCUT2D eigenvalue weighted by atomic mass is 9.92. The Kier molecular flexibility index (Phi) is 5.54. The van der Waals surface area contributed by atoms with Gasteiger partial charge in [-0.3, -0.25) is 14.5 Å². The molecule has 1 aliphatic heterocycles. The molecule has 2 aliphatic rings. The van der Waals surface area contributed by atoms with E-state index in [1.165, 1.54) is 0 Å². The molecule has 4 amide bonds. The van der Waals surface area contributed by atoms with Gasteiger partial charge in [0.2, 0.25) is 5.91 Å². The summed E-state index contributed by atoms with van der Waals surface area (Å²) >= 11 is 0. The second-order valence-corrected chi connectivity index (χ2v) is 7.46. The molecule has 162 valence electrons. The van der Waals surface area contributed by atoms with Crippen LogP contribution in [0.25, 0.3) is 0 Å². The molecule has 0 saturated carbocycles. The lowest BCUT2D eigenvalue weighted by Crippen LogP contribution is -2.43. The van der Waals surface area contributed by atoms with Crippen LogP contribution in [-0.4, -0.2) is 42.5 Å². The quantitative estimate of drug-likeness (QED) is 0.668. The first kappa shape index (κ1) is 20.7. The highest BCUT2D eigenvalue weighted by molar-refractivity contribution is 6.11. The third-order valence-corrected chi connectivity index (χ3v) is 5.55. The van der Waals surface area contributed by atoms with E-state index in [0.29, 0.717) is 43.2 Å². The number of nitrogens with zero attached hydrogens (tertiary/aromatic N) is 1. The van der Waals surface area contributed by atoms with Crippen molar-refractivity contribution < 1.29 is 23.9 Å². The SMILES string of the molecule is CCOc1ccc(NC(=O)CN2C(=O)NC3(CCc4ccccc43)C2=O)cc1OCC. The number of nitrogens with one attached hydrogen (secondary N) is 2. The Morgan fingerprint density at radius 1 is 1.10 bits per heavy atom. The molecule has 2 aromatic rings. The van der Waals surface area contributed by atoms with Crippen LogP contribution < -0.4 is 20.1 Å². The van der Waals surface area contributed by atoms with Crippen LogP contribution in [0.3, 0.4) is 0 Å². The van der Waals surface area contributed by atoms with Gasteiger partial charge in [-0.1, -0.05) is 24.3 Å². The number of hydrogen-bond acceptors (Lipinski definition) is 5. The summed E-state index contributed by atoms with van der Waals surface area (Å²) in [5.74, 6) is 0.231. The van der Waals surface area contributed by atoms with Crippen molar-refractivity contribution in [3.8, 4) is 11.5 Å². The van der Waals surface area contributed by atoms with Crippen LogP contribution in [0, 0.1) is 0 Å². The molecular formula is C23H25N3O5. The molecule has 8 heteroatoms. The third kappa shape index (κ3) is 3.69. The summed E-state index contributed by atoms with van der Waals surface area (Å²) in [4.78, 5) is 39.4. The Labute approximate surface area is 180 Å². The van der Waals surface area contributed by atoms with Gasteiger partial charge in [-0.25, -0.2) is 4.79 Å². The third-order valence-electron chi connectivity index (χ3n) is 5.55. The van der Waals surface area contributed by atoms with Crippen LogP contribution >= 0.6 is 0 Å².